The van der Waals surface area contributed by atoms with Gasteiger partial charge in [-0.15, -0.1) is 0 Å². The second kappa shape index (κ2) is 10.8. The van der Waals surface area contributed by atoms with Crippen LogP contribution < -0.4 is 4.90 Å². The van der Waals surface area contributed by atoms with Crippen molar-refractivity contribution in [2.75, 3.05) is 46.4 Å². The molecule has 13 nitrogen and oxygen atoms in total. The predicted molar refractivity (Wildman–Crippen MR) is 171 cm³/mol. The first kappa shape index (κ1) is 33.6. The van der Waals surface area contributed by atoms with Gasteiger partial charge in [-0.3, -0.25) is 14.5 Å². The summed E-state index contributed by atoms with van der Waals surface area (Å²) in [5.74, 6) is -4.02. The molecule has 5 saturated carbocycles. The van der Waals surface area contributed by atoms with Crippen LogP contribution in [-0.2, 0) is 33.3 Å². The molecule has 49 heavy (non-hydrogen) atoms. The molecule has 7 aliphatic rings. The number of nitrogens with zero attached hydrogens (tertiary/aromatic N) is 2. The quantitative estimate of drug-likeness (QED) is 0.262. The summed E-state index contributed by atoms with van der Waals surface area (Å²) in [6, 6.07) is 5.60. The van der Waals surface area contributed by atoms with Gasteiger partial charge in [-0.25, -0.2) is 9.69 Å². The zero-order valence-electron chi connectivity index (χ0n) is 29.0. The van der Waals surface area contributed by atoms with Crippen molar-refractivity contribution in [3.05, 3.63) is 29.8 Å². The fourth-order valence-corrected chi connectivity index (χ4v) is 12.8. The minimum atomic E-state index is -1.96. The molecule has 8 rings (SSSR count). The maximum Gasteiger partial charge on any atom is 0.340 e. The van der Waals surface area contributed by atoms with Gasteiger partial charge in [0.15, 0.2) is 0 Å². The first-order chi connectivity index (χ1) is 23.3. The van der Waals surface area contributed by atoms with E-state index in [1.807, 2.05) is 11.8 Å². The van der Waals surface area contributed by atoms with Crippen LogP contribution in [-0.4, -0.2) is 132 Å². The number of carbonyl (C=O) groups excluding carboxylic acids is 3. The van der Waals surface area contributed by atoms with E-state index in [4.69, 9.17) is 23.7 Å². The lowest BCUT2D eigenvalue weighted by Crippen LogP contribution is -2.87. The van der Waals surface area contributed by atoms with Crippen LogP contribution in [0, 0.1) is 29.1 Å². The number of imide groups is 1. The molecular weight excluding hydrogens is 636 g/mol. The molecule has 7 bridgehead atoms. The average molecular weight is 685 g/mol. The van der Waals surface area contributed by atoms with Gasteiger partial charge in [0, 0.05) is 71.5 Å². The molecule has 0 unspecified atom stereocenters. The number of ether oxygens (including phenoxy) is 5. The summed E-state index contributed by atoms with van der Waals surface area (Å²) in [5.41, 5.74) is -7.89. The van der Waals surface area contributed by atoms with Crippen molar-refractivity contribution >= 4 is 23.5 Å². The molecule has 2 aliphatic heterocycles. The van der Waals surface area contributed by atoms with Gasteiger partial charge >= 0.3 is 5.97 Å². The smallest absolute Gasteiger partial charge is 0.340 e. The van der Waals surface area contributed by atoms with Crippen molar-refractivity contribution in [3.8, 4) is 0 Å². The molecule has 2 amide bonds. The molecular formula is C36H48N2O11. The van der Waals surface area contributed by atoms with Gasteiger partial charge < -0.3 is 39.0 Å². The summed E-state index contributed by atoms with van der Waals surface area (Å²) in [7, 11) is 6.21. The summed E-state index contributed by atoms with van der Waals surface area (Å²) in [6.45, 7) is 4.23. The molecule has 0 radical (unpaired) electrons. The van der Waals surface area contributed by atoms with E-state index < -0.39 is 82.0 Å². The lowest BCUT2D eigenvalue weighted by atomic mass is 9.42. The van der Waals surface area contributed by atoms with Crippen molar-refractivity contribution in [2.24, 2.45) is 29.1 Å². The number of hydrogen-bond acceptors (Lipinski definition) is 12. The number of benzene rings is 1. The molecule has 13 heteroatoms. The predicted octanol–water partition coefficient (Wildman–Crippen LogP) is 0.902. The van der Waals surface area contributed by atoms with E-state index in [9.17, 15) is 29.7 Å². The number of para-hydroxylation sites is 1. The van der Waals surface area contributed by atoms with E-state index >= 15 is 0 Å². The van der Waals surface area contributed by atoms with E-state index in [-0.39, 0.29) is 54.8 Å². The van der Waals surface area contributed by atoms with E-state index in [0.29, 0.717) is 19.4 Å². The number of carbonyl (C=O) groups is 3. The molecule has 1 aromatic rings. The number of fused-ring (bicyclic) bond motifs is 2. The van der Waals surface area contributed by atoms with Gasteiger partial charge in [0.2, 0.25) is 11.8 Å². The molecule has 14 atom stereocenters. The van der Waals surface area contributed by atoms with Crippen molar-refractivity contribution in [1.82, 2.24) is 4.90 Å². The minimum Gasteiger partial charge on any atom is -0.454 e. The highest BCUT2D eigenvalue weighted by Gasteiger charge is 2.96. The van der Waals surface area contributed by atoms with Gasteiger partial charge in [-0.2, -0.15) is 0 Å². The number of piperidine rings is 1. The van der Waals surface area contributed by atoms with Crippen molar-refractivity contribution in [1.29, 1.82) is 0 Å². The van der Waals surface area contributed by atoms with Gasteiger partial charge in [0.1, 0.15) is 16.8 Å². The Hall–Kier alpha value is -2.49. The molecule has 1 spiro atoms. The first-order valence-electron chi connectivity index (χ1n) is 17.5. The number of likely N-dealkylation sites (tertiary alicyclic amines) is 1. The summed E-state index contributed by atoms with van der Waals surface area (Å²) in [5, 5.41) is 40.1. The Kier molecular flexibility index (Phi) is 7.39. The average Bonchev–Trinajstić information content (AvgIpc) is 3.58. The summed E-state index contributed by atoms with van der Waals surface area (Å²) in [6.07, 6.45) is -1.79. The third-order valence-corrected chi connectivity index (χ3v) is 14.2. The summed E-state index contributed by atoms with van der Waals surface area (Å²) >= 11 is 0. The molecule has 3 N–H and O–H groups in total. The molecule has 0 aromatic heterocycles. The Bertz CT molecular complexity index is 1590. The number of likely N-dealkylation sites (N-methyl/N-ethyl adjacent to an activating group) is 1. The Morgan fingerprint density at radius 1 is 0.959 bits per heavy atom. The first-order valence-corrected chi connectivity index (χ1v) is 17.5. The lowest BCUT2D eigenvalue weighted by molar-refractivity contribution is -0.360. The molecule has 7 fully saturated rings. The van der Waals surface area contributed by atoms with Crippen LogP contribution in [0.15, 0.2) is 24.3 Å². The number of hydrogen-bond donors (Lipinski definition) is 3. The van der Waals surface area contributed by atoms with E-state index in [1.54, 1.807) is 52.5 Å². The number of amides is 2. The van der Waals surface area contributed by atoms with Crippen LogP contribution in [0.3, 0.4) is 0 Å². The Balaban J connectivity index is 1.32. The second-order valence-corrected chi connectivity index (χ2v) is 15.6. The zero-order valence-corrected chi connectivity index (χ0v) is 29.0. The molecule has 2 heterocycles. The van der Waals surface area contributed by atoms with Gasteiger partial charge in [0.25, 0.3) is 0 Å². The molecule has 268 valence electrons. The Labute approximate surface area is 285 Å². The highest BCUT2D eigenvalue weighted by Crippen LogP contribution is 2.80. The van der Waals surface area contributed by atoms with Crippen LogP contribution in [0.2, 0.25) is 0 Å². The Morgan fingerprint density at radius 3 is 2.31 bits per heavy atom. The summed E-state index contributed by atoms with van der Waals surface area (Å²) < 4.78 is 31.4. The monoisotopic (exact) mass is 684 g/mol. The van der Waals surface area contributed by atoms with E-state index in [1.165, 1.54) is 7.11 Å². The highest BCUT2D eigenvalue weighted by molar-refractivity contribution is 6.22. The standard InChI is InChI=1S/C36H48N2O11/c1-7-37-17-32(49-30(41)19-10-8-9-11-21(19)38-24(39)14-18(2)29(38)40)13-12-23(46-4)35-27(32)28(48-6)36(44,31(35)37)34(43)16-22(45-3)20-15-33(35,42)26(34)25(20)47-5/h8-11,18,20,22-23,25-28,31,42-44H,7,12-17H2,1-6H3/t18-,20-,22+,23+,25+,26+,27-,28+,31+,32-,33+,34-,35-,36-/m1/s1. The molecule has 2 saturated heterocycles. The Morgan fingerprint density at radius 2 is 1.69 bits per heavy atom. The van der Waals surface area contributed by atoms with Gasteiger partial charge in [-0.1, -0.05) is 26.0 Å². The van der Waals surface area contributed by atoms with Crippen molar-refractivity contribution < 1.29 is 53.4 Å². The van der Waals surface area contributed by atoms with Crippen LogP contribution in [0.25, 0.3) is 0 Å². The van der Waals surface area contributed by atoms with Crippen LogP contribution in [0.5, 0.6) is 0 Å². The number of methoxy groups -OCH3 is 4. The van der Waals surface area contributed by atoms with Crippen molar-refractivity contribution in [2.45, 2.75) is 98.8 Å². The van der Waals surface area contributed by atoms with Gasteiger partial charge in [-0.05, 0) is 37.9 Å². The molecule has 5 aliphatic carbocycles. The number of anilines is 1. The van der Waals surface area contributed by atoms with Crippen LogP contribution >= 0.6 is 0 Å². The lowest BCUT2D eigenvalue weighted by Gasteiger charge is -2.71. The van der Waals surface area contributed by atoms with Crippen LogP contribution in [0.1, 0.15) is 56.3 Å². The van der Waals surface area contributed by atoms with Crippen molar-refractivity contribution in [3.63, 3.8) is 0 Å². The SMILES string of the molecule is CCN1C[C@]2(OC(=O)c3ccccc3N3C(=O)C[C@@H](C)C3=O)CC[C@H](OC)[C@@]34[C@@H]2[C@H](OC)[C@@](O)([C@@H]13)[C@@]1(O)C[C@H](OC)[C@H]2C[C@]4(O)[C@@H]1[C@H]2OC. The van der Waals surface area contributed by atoms with E-state index in [2.05, 4.69) is 0 Å². The fourth-order valence-electron chi connectivity index (χ4n) is 12.8. The summed E-state index contributed by atoms with van der Waals surface area (Å²) in [4.78, 5) is 43.7. The van der Waals surface area contributed by atoms with Crippen LogP contribution in [0.4, 0.5) is 5.69 Å². The number of esters is 1. The molecule has 1 aromatic carbocycles. The topological polar surface area (TPSA) is 165 Å². The zero-order chi connectivity index (χ0) is 35.1. The fraction of sp³-hybridized carbons (Fsp3) is 0.750. The number of rotatable bonds is 8. The maximum absolute atomic E-state index is 14.6. The van der Waals surface area contributed by atoms with E-state index in [0.717, 1.165) is 4.90 Å². The van der Waals surface area contributed by atoms with Gasteiger partial charge in [0.05, 0.1) is 52.7 Å². The highest BCUT2D eigenvalue weighted by atomic mass is 16.6. The third-order valence-electron chi connectivity index (χ3n) is 14.2. The minimum absolute atomic E-state index is 0.0478. The maximum atomic E-state index is 14.6. The second-order valence-electron chi connectivity index (χ2n) is 15.6. The normalized spacial score (nSPS) is 49.5. The largest absolute Gasteiger partial charge is 0.454 e. The number of aliphatic hydroxyl groups is 3. The third kappa shape index (κ3) is 3.61.